The van der Waals surface area contributed by atoms with Gasteiger partial charge in [0.1, 0.15) is 0 Å². The number of hydrogen-bond acceptors (Lipinski definition) is 3. The number of hydrogen-bond donors (Lipinski definition) is 2. The molecular weight excluding hydrogens is 202 g/mol. The molecule has 2 unspecified atom stereocenters. The van der Waals surface area contributed by atoms with Crippen molar-refractivity contribution in [3.8, 4) is 0 Å². The van der Waals surface area contributed by atoms with Crippen molar-refractivity contribution in [1.82, 2.24) is 15.5 Å². The van der Waals surface area contributed by atoms with Crippen LogP contribution >= 0.6 is 0 Å². The van der Waals surface area contributed by atoms with Crippen molar-refractivity contribution in [3.63, 3.8) is 0 Å². The molecule has 1 aliphatic rings. The largest absolute Gasteiger partial charge is 0.358 e. The molecule has 4 nitrogen and oxygen atoms in total. The molecule has 2 atom stereocenters. The van der Waals surface area contributed by atoms with E-state index < -0.39 is 0 Å². The van der Waals surface area contributed by atoms with Gasteiger partial charge >= 0.3 is 0 Å². The standard InChI is InChI=1S/C12H25N3O/c1-10(14-11(2)12(16)13-3)9-15-7-5-4-6-8-15/h10-11,14H,4-9H2,1-3H3,(H,13,16). The summed E-state index contributed by atoms with van der Waals surface area (Å²) in [6.07, 6.45) is 4.00. The van der Waals surface area contributed by atoms with Crippen LogP contribution in [0.2, 0.25) is 0 Å². The van der Waals surface area contributed by atoms with Gasteiger partial charge in [0.2, 0.25) is 5.91 Å². The fourth-order valence-electron chi connectivity index (χ4n) is 2.30. The molecule has 1 saturated heterocycles. The van der Waals surface area contributed by atoms with Crippen molar-refractivity contribution in [2.24, 2.45) is 0 Å². The van der Waals surface area contributed by atoms with Gasteiger partial charge in [-0.1, -0.05) is 6.42 Å². The van der Waals surface area contributed by atoms with Gasteiger partial charge in [0.15, 0.2) is 0 Å². The first-order chi connectivity index (χ1) is 7.63. The Morgan fingerprint density at radius 3 is 2.44 bits per heavy atom. The second-order valence-electron chi connectivity index (χ2n) is 4.76. The van der Waals surface area contributed by atoms with Gasteiger partial charge in [0, 0.05) is 19.6 Å². The average Bonchev–Trinajstić information content (AvgIpc) is 2.29. The molecule has 0 saturated carbocycles. The summed E-state index contributed by atoms with van der Waals surface area (Å²) < 4.78 is 0. The van der Waals surface area contributed by atoms with E-state index in [1.54, 1.807) is 7.05 Å². The number of amides is 1. The Morgan fingerprint density at radius 1 is 1.25 bits per heavy atom. The molecule has 1 heterocycles. The lowest BCUT2D eigenvalue weighted by Gasteiger charge is -2.30. The molecular formula is C12H25N3O. The van der Waals surface area contributed by atoms with E-state index in [0.29, 0.717) is 6.04 Å². The maximum Gasteiger partial charge on any atom is 0.236 e. The first-order valence-electron chi connectivity index (χ1n) is 6.33. The first kappa shape index (κ1) is 13.5. The number of nitrogens with one attached hydrogen (secondary N) is 2. The number of carbonyl (C=O) groups excluding carboxylic acids is 1. The highest BCUT2D eigenvalue weighted by Gasteiger charge is 2.17. The smallest absolute Gasteiger partial charge is 0.236 e. The number of nitrogens with zero attached hydrogens (tertiary/aromatic N) is 1. The van der Waals surface area contributed by atoms with E-state index in [2.05, 4.69) is 22.5 Å². The Morgan fingerprint density at radius 2 is 1.88 bits per heavy atom. The highest BCUT2D eigenvalue weighted by atomic mass is 16.2. The van der Waals surface area contributed by atoms with Gasteiger partial charge in [-0.15, -0.1) is 0 Å². The normalized spacial score (nSPS) is 21.4. The molecule has 0 aliphatic carbocycles. The zero-order valence-electron chi connectivity index (χ0n) is 10.8. The molecule has 1 amide bonds. The van der Waals surface area contributed by atoms with Gasteiger partial charge < -0.3 is 15.5 Å². The highest BCUT2D eigenvalue weighted by molar-refractivity contribution is 5.80. The lowest BCUT2D eigenvalue weighted by atomic mass is 10.1. The summed E-state index contributed by atoms with van der Waals surface area (Å²) >= 11 is 0. The van der Waals surface area contributed by atoms with Crippen molar-refractivity contribution in [1.29, 1.82) is 0 Å². The highest BCUT2D eigenvalue weighted by Crippen LogP contribution is 2.08. The fourth-order valence-corrected chi connectivity index (χ4v) is 2.30. The summed E-state index contributed by atoms with van der Waals surface area (Å²) in [5, 5.41) is 5.98. The van der Waals surface area contributed by atoms with E-state index in [1.807, 2.05) is 6.92 Å². The summed E-state index contributed by atoms with van der Waals surface area (Å²) in [6.45, 7) is 7.52. The Bertz CT molecular complexity index is 214. The second-order valence-corrected chi connectivity index (χ2v) is 4.76. The van der Waals surface area contributed by atoms with Crippen LogP contribution < -0.4 is 10.6 Å². The molecule has 1 aliphatic heterocycles. The van der Waals surface area contributed by atoms with E-state index in [1.165, 1.54) is 32.4 Å². The fraction of sp³-hybridized carbons (Fsp3) is 0.917. The van der Waals surface area contributed by atoms with Gasteiger partial charge in [-0.3, -0.25) is 4.79 Å². The Labute approximate surface area is 98.8 Å². The van der Waals surface area contributed by atoms with Gasteiger partial charge in [0.05, 0.1) is 6.04 Å². The van der Waals surface area contributed by atoms with Gasteiger partial charge in [-0.25, -0.2) is 0 Å². The second kappa shape index (κ2) is 6.86. The molecule has 2 N–H and O–H groups in total. The van der Waals surface area contributed by atoms with Crippen molar-refractivity contribution in [2.75, 3.05) is 26.7 Å². The minimum absolute atomic E-state index is 0.0606. The third kappa shape index (κ3) is 4.49. The van der Waals surface area contributed by atoms with E-state index in [4.69, 9.17) is 0 Å². The summed E-state index contributed by atoms with van der Waals surface area (Å²) in [4.78, 5) is 13.8. The predicted molar refractivity (Wildman–Crippen MR) is 66.4 cm³/mol. The molecule has 1 fully saturated rings. The van der Waals surface area contributed by atoms with Crippen molar-refractivity contribution >= 4 is 5.91 Å². The van der Waals surface area contributed by atoms with E-state index >= 15 is 0 Å². The van der Waals surface area contributed by atoms with Crippen molar-refractivity contribution in [3.05, 3.63) is 0 Å². The third-order valence-electron chi connectivity index (χ3n) is 3.15. The van der Waals surface area contributed by atoms with Crippen LogP contribution in [0.3, 0.4) is 0 Å². The summed E-state index contributed by atoms with van der Waals surface area (Å²) in [5.41, 5.74) is 0. The van der Waals surface area contributed by atoms with Crippen LogP contribution in [0.1, 0.15) is 33.1 Å². The average molecular weight is 227 g/mol. The lowest BCUT2D eigenvalue weighted by molar-refractivity contribution is -0.122. The van der Waals surface area contributed by atoms with Crippen LogP contribution in [0.25, 0.3) is 0 Å². The molecule has 0 aromatic heterocycles. The summed E-state index contributed by atoms with van der Waals surface area (Å²) in [6, 6.07) is 0.259. The molecule has 1 rings (SSSR count). The number of carbonyl (C=O) groups is 1. The molecule has 4 heteroatoms. The minimum atomic E-state index is -0.107. The van der Waals surface area contributed by atoms with Gasteiger partial charge in [-0.2, -0.15) is 0 Å². The maximum atomic E-state index is 11.4. The van der Waals surface area contributed by atoms with Crippen LogP contribution in [0.15, 0.2) is 0 Å². The molecule has 0 bridgehead atoms. The van der Waals surface area contributed by atoms with Gasteiger partial charge in [-0.05, 0) is 39.8 Å². The summed E-state index contributed by atoms with van der Waals surface area (Å²) in [7, 11) is 1.68. The molecule has 0 aromatic carbocycles. The SMILES string of the molecule is CNC(=O)C(C)NC(C)CN1CCCCC1. The monoisotopic (exact) mass is 227 g/mol. The Balaban J connectivity index is 2.23. The van der Waals surface area contributed by atoms with Gasteiger partial charge in [0.25, 0.3) is 0 Å². The number of likely N-dealkylation sites (N-methyl/N-ethyl adjacent to an activating group) is 1. The Kier molecular flexibility index (Phi) is 5.77. The zero-order valence-corrected chi connectivity index (χ0v) is 10.8. The third-order valence-corrected chi connectivity index (χ3v) is 3.15. The van der Waals surface area contributed by atoms with Crippen LogP contribution in [-0.2, 0) is 4.79 Å². The van der Waals surface area contributed by atoms with Crippen LogP contribution in [-0.4, -0.2) is 49.6 Å². The molecule has 0 radical (unpaired) electrons. The predicted octanol–water partition coefficient (Wildman–Crippen LogP) is 0.585. The summed E-state index contributed by atoms with van der Waals surface area (Å²) in [5.74, 6) is 0.0606. The van der Waals surface area contributed by atoms with Crippen LogP contribution in [0, 0.1) is 0 Å². The van der Waals surface area contributed by atoms with E-state index in [-0.39, 0.29) is 11.9 Å². The van der Waals surface area contributed by atoms with Crippen LogP contribution in [0.5, 0.6) is 0 Å². The minimum Gasteiger partial charge on any atom is -0.358 e. The van der Waals surface area contributed by atoms with E-state index in [9.17, 15) is 4.79 Å². The number of rotatable bonds is 5. The quantitative estimate of drug-likeness (QED) is 0.722. The maximum absolute atomic E-state index is 11.4. The van der Waals surface area contributed by atoms with E-state index in [0.717, 1.165) is 6.54 Å². The molecule has 0 aromatic rings. The van der Waals surface area contributed by atoms with Crippen molar-refractivity contribution < 1.29 is 4.79 Å². The van der Waals surface area contributed by atoms with Crippen LogP contribution in [0.4, 0.5) is 0 Å². The molecule has 94 valence electrons. The lowest BCUT2D eigenvalue weighted by Crippen LogP contribution is -2.49. The number of likely N-dealkylation sites (tertiary alicyclic amines) is 1. The van der Waals surface area contributed by atoms with Crippen molar-refractivity contribution in [2.45, 2.75) is 45.2 Å². The number of piperidine rings is 1. The topological polar surface area (TPSA) is 44.4 Å². The zero-order chi connectivity index (χ0) is 12.0. The molecule has 0 spiro atoms. The Hall–Kier alpha value is -0.610. The first-order valence-corrected chi connectivity index (χ1v) is 6.33. The molecule has 16 heavy (non-hydrogen) atoms.